The quantitative estimate of drug-likeness (QED) is 0.581. The fourth-order valence-corrected chi connectivity index (χ4v) is 4.30. The molecule has 25 heavy (non-hydrogen) atoms. The number of nitro benzene ring substituents is 1. The first-order chi connectivity index (χ1) is 12.1. The van der Waals surface area contributed by atoms with Crippen molar-refractivity contribution in [3.05, 3.63) is 74.8 Å². The molecule has 2 aromatic carbocycles. The van der Waals surface area contributed by atoms with Gasteiger partial charge in [-0.15, -0.1) is 0 Å². The average molecular weight is 377 g/mol. The van der Waals surface area contributed by atoms with Crippen molar-refractivity contribution in [2.24, 2.45) is 0 Å². The van der Waals surface area contributed by atoms with Gasteiger partial charge in [0, 0.05) is 36.2 Å². The molecule has 1 saturated heterocycles. The van der Waals surface area contributed by atoms with Crippen LogP contribution in [0.15, 0.2) is 48.5 Å². The zero-order valence-corrected chi connectivity index (χ0v) is 15.0. The third kappa shape index (κ3) is 4.14. The van der Waals surface area contributed by atoms with E-state index in [1.54, 1.807) is 4.90 Å². The Kier molecular flexibility index (Phi) is 5.60. The Morgan fingerprint density at radius 1 is 1.20 bits per heavy atom. The number of thioether (sulfide) groups is 1. The topological polar surface area (TPSA) is 63.4 Å². The molecule has 130 valence electrons. The lowest BCUT2D eigenvalue weighted by Gasteiger charge is -2.21. The molecule has 0 saturated carbocycles. The number of carbonyl (C=O) groups excluding carboxylic acids is 1. The fraction of sp³-hybridized carbons (Fsp3) is 0.278. The van der Waals surface area contributed by atoms with Gasteiger partial charge in [-0.3, -0.25) is 14.9 Å². The lowest BCUT2D eigenvalue weighted by atomic mass is 10.1. The lowest BCUT2D eigenvalue weighted by Crippen LogP contribution is -2.33. The third-order valence-electron chi connectivity index (χ3n) is 4.19. The summed E-state index contributed by atoms with van der Waals surface area (Å²) in [6.45, 7) is 1.20. The van der Waals surface area contributed by atoms with E-state index in [-0.39, 0.29) is 22.2 Å². The van der Waals surface area contributed by atoms with Crippen LogP contribution in [0.3, 0.4) is 0 Å². The SMILES string of the molecule is O=C(c1cc([N+](=O)[O-])ccc1Cl)N1CCSC(c2ccccc2)CC1. The second kappa shape index (κ2) is 7.89. The Morgan fingerprint density at radius 2 is 1.96 bits per heavy atom. The molecule has 0 bridgehead atoms. The average Bonchev–Trinajstić information content (AvgIpc) is 2.88. The second-order valence-corrected chi connectivity index (χ2v) is 7.49. The lowest BCUT2D eigenvalue weighted by molar-refractivity contribution is -0.384. The largest absolute Gasteiger partial charge is 0.338 e. The smallest absolute Gasteiger partial charge is 0.270 e. The van der Waals surface area contributed by atoms with Crippen molar-refractivity contribution in [3.63, 3.8) is 0 Å². The molecule has 2 aromatic rings. The summed E-state index contributed by atoms with van der Waals surface area (Å²) in [4.78, 5) is 25.0. The highest BCUT2D eigenvalue weighted by atomic mass is 35.5. The highest BCUT2D eigenvalue weighted by molar-refractivity contribution is 7.99. The number of nitro groups is 1. The van der Waals surface area contributed by atoms with Gasteiger partial charge in [0.1, 0.15) is 0 Å². The molecule has 1 atom stereocenters. The zero-order chi connectivity index (χ0) is 17.8. The molecule has 0 spiro atoms. The van der Waals surface area contributed by atoms with Crippen LogP contribution in [0.5, 0.6) is 0 Å². The van der Waals surface area contributed by atoms with Gasteiger partial charge in [0.2, 0.25) is 0 Å². The molecule has 1 fully saturated rings. The highest BCUT2D eigenvalue weighted by Crippen LogP contribution is 2.35. The Balaban J connectivity index is 1.75. The van der Waals surface area contributed by atoms with Gasteiger partial charge < -0.3 is 4.90 Å². The summed E-state index contributed by atoms with van der Waals surface area (Å²) in [6.07, 6.45) is 0.840. The van der Waals surface area contributed by atoms with Crippen LogP contribution in [0.1, 0.15) is 27.6 Å². The van der Waals surface area contributed by atoms with Crippen molar-refractivity contribution in [2.75, 3.05) is 18.8 Å². The standard InChI is InChI=1S/C18H17ClN2O3S/c19-16-7-6-14(21(23)24)12-15(16)18(22)20-9-8-17(25-11-10-20)13-4-2-1-3-5-13/h1-7,12,17H,8-11H2. The summed E-state index contributed by atoms with van der Waals surface area (Å²) in [6, 6.07) is 14.2. The molecule has 5 nitrogen and oxygen atoms in total. The summed E-state index contributed by atoms with van der Waals surface area (Å²) in [5.74, 6) is 0.570. The van der Waals surface area contributed by atoms with Gasteiger partial charge in [-0.1, -0.05) is 41.9 Å². The molecule has 1 aliphatic rings. The molecule has 3 rings (SSSR count). The van der Waals surface area contributed by atoms with Crippen LogP contribution >= 0.6 is 23.4 Å². The predicted octanol–water partition coefficient (Wildman–Crippen LogP) is 4.57. The first kappa shape index (κ1) is 17.8. The Hall–Kier alpha value is -2.05. The van der Waals surface area contributed by atoms with Crippen molar-refractivity contribution in [3.8, 4) is 0 Å². The normalized spacial score (nSPS) is 17.8. The maximum Gasteiger partial charge on any atom is 0.270 e. The number of non-ortho nitro benzene ring substituents is 1. The highest BCUT2D eigenvalue weighted by Gasteiger charge is 2.25. The first-order valence-electron chi connectivity index (χ1n) is 7.96. The van der Waals surface area contributed by atoms with E-state index in [4.69, 9.17) is 11.6 Å². The summed E-state index contributed by atoms with van der Waals surface area (Å²) in [5, 5.41) is 11.5. The molecule has 0 aromatic heterocycles. The fourth-order valence-electron chi connectivity index (χ4n) is 2.87. The van der Waals surface area contributed by atoms with E-state index in [0.29, 0.717) is 18.3 Å². The summed E-state index contributed by atoms with van der Waals surface area (Å²) in [5.41, 5.74) is 1.33. The predicted molar refractivity (Wildman–Crippen MR) is 100 cm³/mol. The number of hydrogen-bond acceptors (Lipinski definition) is 4. The van der Waals surface area contributed by atoms with Gasteiger partial charge in [-0.25, -0.2) is 0 Å². The molecular weight excluding hydrogens is 360 g/mol. The van der Waals surface area contributed by atoms with E-state index >= 15 is 0 Å². The first-order valence-corrected chi connectivity index (χ1v) is 9.38. The molecule has 7 heteroatoms. The van der Waals surface area contributed by atoms with Crippen LogP contribution in [0.2, 0.25) is 5.02 Å². The number of benzene rings is 2. The zero-order valence-electron chi connectivity index (χ0n) is 13.4. The van der Waals surface area contributed by atoms with Gasteiger partial charge in [0.25, 0.3) is 11.6 Å². The molecule has 0 N–H and O–H groups in total. The molecule has 1 unspecified atom stereocenters. The van der Waals surface area contributed by atoms with Crippen LogP contribution in [-0.4, -0.2) is 34.6 Å². The van der Waals surface area contributed by atoms with E-state index in [1.807, 2.05) is 30.0 Å². The van der Waals surface area contributed by atoms with E-state index < -0.39 is 4.92 Å². The van der Waals surface area contributed by atoms with E-state index in [0.717, 1.165) is 12.2 Å². The van der Waals surface area contributed by atoms with Crippen LogP contribution in [-0.2, 0) is 0 Å². The molecule has 0 aliphatic carbocycles. The van der Waals surface area contributed by atoms with Gasteiger partial charge in [0.15, 0.2) is 0 Å². The Labute approximate surface area is 155 Å². The number of amides is 1. The second-order valence-electron chi connectivity index (χ2n) is 5.77. The monoisotopic (exact) mass is 376 g/mol. The van der Waals surface area contributed by atoms with Gasteiger partial charge in [-0.2, -0.15) is 11.8 Å². The van der Waals surface area contributed by atoms with Crippen molar-refractivity contribution in [1.82, 2.24) is 4.90 Å². The molecule has 1 aliphatic heterocycles. The molecule has 0 radical (unpaired) electrons. The van der Waals surface area contributed by atoms with E-state index in [9.17, 15) is 14.9 Å². The summed E-state index contributed by atoms with van der Waals surface area (Å²) < 4.78 is 0. The van der Waals surface area contributed by atoms with Crippen LogP contribution in [0.25, 0.3) is 0 Å². The minimum Gasteiger partial charge on any atom is -0.338 e. The van der Waals surface area contributed by atoms with Crippen LogP contribution < -0.4 is 0 Å². The molecular formula is C18H17ClN2O3S. The Bertz CT molecular complexity index is 785. The van der Waals surface area contributed by atoms with Crippen molar-refractivity contribution in [1.29, 1.82) is 0 Å². The Morgan fingerprint density at radius 3 is 2.68 bits per heavy atom. The maximum atomic E-state index is 12.8. The summed E-state index contributed by atoms with van der Waals surface area (Å²) >= 11 is 7.94. The van der Waals surface area contributed by atoms with Crippen LogP contribution in [0, 0.1) is 10.1 Å². The number of nitrogens with zero attached hydrogens (tertiary/aromatic N) is 2. The number of rotatable bonds is 3. The third-order valence-corrected chi connectivity index (χ3v) is 5.85. The minimum absolute atomic E-state index is 0.126. The molecule has 1 heterocycles. The van der Waals surface area contributed by atoms with E-state index in [2.05, 4.69) is 12.1 Å². The molecule has 1 amide bonds. The maximum absolute atomic E-state index is 12.8. The minimum atomic E-state index is -0.517. The van der Waals surface area contributed by atoms with Gasteiger partial charge in [0.05, 0.1) is 15.5 Å². The summed E-state index contributed by atoms with van der Waals surface area (Å²) in [7, 11) is 0. The number of halogens is 1. The van der Waals surface area contributed by atoms with Gasteiger partial charge >= 0.3 is 0 Å². The van der Waals surface area contributed by atoms with Crippen molar-refractivity contribution >= 4 is 35.0 Å². The van der Waals surface area contributed by atoms with Crippen molar-refractivity contribution in [2.45, 2.75) is 11.7 Å². The number of hydrogen-bond donors (Lipinski definition) is 0. The van der Waals surface area contributed by atoms with Gasteiger partial charge in [-0.05, 0) is 18.1 Å². The van der Waals surface area contributed by atoms with E-state index in [1.165, 1.54) is 23.8 Å². The van der Waals surface area contributed by atoms with Crippen LogP contribution in [0.4, 0.5) is 5.69 Å². The van der Waals surface area contributed by atoms with Crippen molar-refractivity contribution < 1.29 is 9.72 Å². The number of carbonyl (C=O) groups is 1.